The Labute approximate surface area is 154 Å². The molecule has 2 amide bonds. The van der Waals surface area contributed by atoms with Gasteiger partial charge in [0.2, 0.25) is 5.91 Å². The number of amides is 2. The first-order chi connectivity index (χ1) is 13.0. The molecule has 0 bridgehead atoms. The maximum absolute atomic E-state index is 13.1. The van der Waals surface area contributed by atoms with Crippen LogP contribution >= 0.6 is 0 Å². The van der Waals surface area contributed by atoms with E-state index in [0.717, 1.165) is 11.1 Å². The molecule has 4 rings (SSSR count). The zero-order chi connectivity index (χ0) is 19.0. The maximum Gasteiger partial charge on any atom is 0.270 e. The second-order valence-corrected chi connectivity index (χ2v) is 6.58. The van der Waals surface area contributed by atoms with Crippen LogP contribution in [-0.2, 0) is 22.6 Å². The summed E-state index contributed by atoms with van der Waals surface area (Å²) in [6.45, 7) is 0.835. The van der Waals surface area contributed by atoms with E-state index in [0.29, 0.717) is 37.3 Å². The van der Waals surface area contributed by atoms with Crippen LogP contribution in [0.15, 0.2) is 46.4 Å². The predicted octanol–water partition coefficient (Wildman–Crippen LogP) is 1.13. The molecular weight excluding hydrogens is 351 g/mol. The summed E-state index contributed by atoms with van der Waals surface area (Å²) >= 11 is 0. The van der Waals surface area contributed by atoms with E-state index in [-0.39, 0.29) is 29.6 Å². The number of hydrogen-bond acceptors (Lipinski definition) is 4. The molecule has 2 aliphatic rings. The van der Waals surface area contributed by atoms with Gasteiger partial charge in [0.25, 0.3) is 11.5 Å². The highest BCUT2D eigenvalue weighted by atomic mass is 19.1. The van der Waals surface area contributed by atoms with Crippen LogP contribution in [0.2, 0.25) is 0 Å². The smallest absolute Gasteiger partial charge is 0.270 e. The van der Waals surface area contributed by atoms with Crippen LogP contribution in [0.1, 0.15) is 24.0 Å². The van der Waals surface area contributed by atoms with Gasteiger partial charge in [-0.25, -0.2) is 9.82 Å². The molecule has 0 unspecified atom stereocenters. The van der Waals surface area contributed by atoms with Gasteiger partial charge in [-0.3, -0.25) is 19.0 Å². The van der Waals surface area contributed by atoms with Crippen molar-refractivity contribution in [2.45, 2.75) is 25.8 Å². The predicted molar refractivity (Wildman–Crippen MR) is 95.9 cm³/mol. The largest absolute Gasteiger partial charge is 0.333 e. The van der Waals surface area contributed by atoms with Crippen LogP contribution in [0.25, 0.3) is 5.69 Å². The third-order valence-electron chi connectivity index (χ3n) is 4.79. The van der Waals surface area contributed by atoms with Crippen molar-refractivity contribution in [2.24, 2.45) is 5.10 Å². The molecule has 0 radical (unpaired) electrons. The van der Waals surface area contributed by atoms with Crippen LogP contribution in [0, 0.1) is 5.82 Å². The van der Waals surface area contributed by atoms with Crippen molar-refractivity contribution < 1.29 is 14.0 Å². The van der Waals surface area contributed by atoms with Crippen molar-refractivity contribution in [3.05, 3.63) is 63.8 Å². The summed E-state index contributed by atoms with van der Waals surface area (Å²) in [4.78, 5) is 37.9. The van der Waals surface area contributed by atoms with Gasteiger partial charge >= 0.3 is 0 Å². The topological polar surface area (TPSA) is 83.8 Å². The molecule has 1 aromatic carbocycles. The normalized spacial score (nSPS) is 16.4. The number of hydrogen-bond donors (Lipinski definition) is 1. The number of aromatic nitrogens is 1. The molecule has 0 atom stereocenters. The number of carbonyl (C=O) groups excluding carboxylic acids is 2. The maximum atomic E-state index is 13.1. The van der Waals surface area contributed by atoms with Crippen molar-refractivity contribution >= 4 is 17.5 Å². The monoisotopic (exact) mass is 368 g/mol. The number of fused-ring (bicyclic) bond motifs is 1. The molecule has 8 heteroatoms. The number of nitrogens with zero attached hydrogens (tertiary/aromatic N) is 3. The fourth-order valence-electron chi connectivity index (χ4n) is 3.32. The van der Waals surface area contributed by atoms with Gasteiger partial charge in [0.1, 0.15) is 11.5 Å². The zero-order valence-electron chi connectivity index (χ0n) is 14.4. The summed E-state index contributed by atoms with van der Waals surface area (Å²) in [5, 5.41) is 3.86. The summed E-state index contributed by atoms with van der Waals surface area (Å²) in [6.07, 6.45) is 2.84. The first-order valence-corrected chi connectivity index (χ1v) is 8.66. The Bertz CT molecular complexity index is 1010. The van der Waals surface area contributed by atoms with Crippen molar-refractivity contribution in [3.8, 4) is 5.69 Å². The number of benzene rings is 1. The third-order valence-corrected chi connectivity index (χ3v) is 4.79. The quantitative estimate of drug-likeness (QED) is 0.862. The molecule has 0 saturated carbocycles. The molecule has 2 aromatic rings. The van der Waals surface area contributed by atoms with Crippen LogP contribution in [-0.4, -0.2) is 33.5 Å². The van der Waals surface area contributed by atoms with E-state index in [1.165, 1.54) is 28.8 Å². The summed E-state index contributed by atoms with van der Waals surface area (Å²) in [6, 6.07) is 7.24. The van der Waals surface area contributed by atoms with Gasteiger partial charge in [0, 0.05) is 43.9 Å². The van der Waals surface area contributed by atoms with E-state index in [1.54, 1.807) is 17.2 Å². The molecule has 7 nitrogen and oxygen atoms in total. The number of halogens is 1. The van der Waals surface area contributed by atoms with Crippen LogP contribution in [0.5, 0.6) is 0 Å². The van der Waals surface area contributed by atoms with Crippen molar-refractivity contribution in [1.29, 1.82) is 0 Å². The third kappa shape index (κ3) is 3.38. The molecule has 0 spiro atoms. The lowest BCUT2D eigenvalue weighted by molar-refractivity contribution is -0.125. The SMILES string of the molecule is O=C1CCC(C(=O)N2CCc3cc(=O)n(-c4ccc(F)cc4)cc3C2)=NN1. The molecule has 0 fully saturated rings. The van der Waals surface area contributed by atoms with Gasteiger partial charge in [0.05, 0.1) is 0 Å². The lowest BCUT2D eigenvalue weighted by Crippen LogP contribution is -2.43. The van der Waals surface area contributed by atoms with E-state index in [2.05, 4.69) is 10.5 Å². The van der Waals surface area contributed by atoms with Gasteiger partial charge in [0.15, 0.2) is 0 Å². The van der Waals surface area contributed by atoms with E-state index < -0.39 is 0 Å². The lowest BCUT2D eigenvalue weighted by Gasteiger charge is -2.30. The van der Waals surface area contributed by atoms with Crippen LogP contribution in [0.4, 0.5) is 4.39 Å². The Balaban J connectivity index is 1.61. The minimum Gasteiger partial charge on any atom is -0.333 e. The zero-order valence-corrected chi connectivity index (χ0v) is 14.4. The average molecular weight is 368 g/mol. The molecule has 2 aliphatic heterocycles. The van der Waals surface area contributed by atoms with E-state index in [1.807, 2.05) is 0 Å². The first kappa shape index (κ1) is 17.1. The van der Waals surface area contributed by atoms with E-state index in [4.69, 9.17) is 0 Å². The standard InChI is InChI=1S/C19H17FN4O3/c20-14-1-3-15(4-2-14)24-11-13-10-23(8-7-12(13)9-18(24)26)19(27)16-5-6-17(25)22-21-16/h1-4,9,11H,5-8,10H2,(H,22,25). The van der Waals surface area contributed by atoms with E-state index >= 15 is 0 Å². The number of pyridine rings is 1. The second-order valence-electron chi connectivity index (χ2n) is 6.58. The van der Waals surface area contributed by atoms with E-state index in [9.17, 15) is 18.8 Å². The van der Waals surface area contributed by atoms with Gasteiger partial charge in [-0.15, -0.1) is 0 Å². The Hall–Kier alpha value is -3.29. The van der Waals surface area contributed by atoms with Gasteiger partial charge in [-0.2, -0.15) is 5.10 Å². The number of carbonyl (C=O) groups is 2. The first-order valence-electron chi connectivity index (χ1n) is 8.66. The van der Waals surface area contributed by atoms with Gasteiger partial charge in [-0.05, 0) is 41.8 Å². The highest BCUT2D eigenvalue weighted by Crippen LogP contribution is 2.20. The Morgan fingerprint density at radius 1 is 1.07 bits per heavy atom. The Kier molecular flexibility index (Phi) is 4.31. The molecule has 27 heavy (non-hydrogen) atoms. The van der Waals surface area contributed by atoms with Crippen LogP contribution in [0.3, 0.4) is 0 Å². The fraction of sp³-hybridized carbons (Fsp3) is 0.263. The fourth-order valence-corrected chi connectivity index (χ4v) is 3.32. The number of hydrazone groups is 1. The summed E-state index contributed by atoms with van der Waals surface area (Å²) in [7, 11) is 0. The Morgan fingerprint density at radius 2 is 1.85 bits per heavy atom. The van der Waals surface area contributed by atoms with Gasteiger partial charge in [-0.1, -0.05) is 0 Å². The molecule has 0 saturated heterocycles. The molecule has 3 heterocycles. The summed E-state index contributed by atoms with van der Waals surface area (Å²) < 4.78 is 14.6. The molecular formula is C19H17FN4O3. The van der Waals surface area contributed by atoms with Crippen molar-refractivity contribution in [2.75, 3.05) is 6.54 Å². The number of rotatable bonds is 2. The average Bonchev–Trinajstić information content (AvgIpc) is 2.68. The summed E-state index contributed by atoms with van der Waals surface area (Å²) in [5.41, 5.74) is 4.81. The van der Waals surface area contributed by atoms with Crippen LogP contribution < -0.4 is 11.0 Å². The lowest BCUT2D eigenvalue weighted by atomic mass is 10.0. The number of nitrogens with one attached hydrogen (secondary N) is 1. The van der Waals surface area contributed by atoms with Crippen molar-refractivity contribution in [3.63, 3.8) is 0 Å². The highest BCUT2D eigenvalue weighted by Gasteiger charge is 2.27. The highest BCUT2D eigenvalue weighted by molar-refractivity contribution is 6.39. The Morgan fingerprint density at radius 3 is 2.56 bits per heavy atom. The molecule has 0 aliphatic carbocycles. The minimum atomic E-state index is -0.373. The van der Waals surface area contributed by atoms with Gasteiger partial charge < -0.3 is 4.90 Å². The molecule has 1 N–H and O–H groups in total. The second kappa shape index (κ2) is 6.79. The minimum absolute atomic E-state index is 0.195. The molecule has 1 aromatic heterocycles. The summed E-state index contributed by atoms with van der Waals surface area (Å²) in [5.74, 6) is -0.777. The van der Waals surface area contributed by atoms with Crippen molar-refractivity contribution in [1.82, 2.24) is 14.9 Å². The molecule has 138 valence electrons.